The predicted molar refractivity (Wildman–Crippen MR) is 79.1 cm³/mol. The topological polar surface area (TPSA) is 59.2 Å². The third kappa shape index (κ3) is 3.37. The number of aromatic nitrogens is 1. The molecule has 0 aliphatic carbocycles. The van der Waals surface area contributed by atoms with E-state index in [1.165, 1.54) is 12.8 Å². The lowest BCUT2D eigenvalue weighted by molar-refractivity contribution is 0.0780. The average molecular weight is 271 g/mol. The van der Waals surface area contributed by atoms with Gasteiger partial charge in [-0.2, -0.15) is 0 Å². The predicted octanol–water partition coefficient (Wildman–Crippen LogP) is 1.65. The number of amides is 1. The highest BCUT2D eigenvalue weighted by atomic mass is 16.2. The molecule has 2 heterocycles. The van der Waals surface area contributed by atoms with Crippen LogP contribution in [0.4, 0.5) is 0 Å². The molecule has 1 aliphatic rings. The molecule has 4 nitrogen and oxygen atoms in total. The van der Waals surface area contributed by atoms with Crippen LogP contribution in [-0.4, -0.2) is 35.4 Å². The van der Waals surface area contributed by atoms with E-state index >= 15 is 0 Å². The van der Waals surface area contributed by atoms with Gasteiger partial charge in [-0.1, -0.05) is 25.2 Å². The quantitative estimate of drug-likeness (QED) is 0.850. The first kappa shape index (κ1) is 14.5. The molecule has 0 bridgehead atoms. The Bertz CT molecular complexity index is 530. The number of carbonyl (C=O) groups excluding carboxylic acids is 1. The summed E-state index contributed by atoms with van der Waals surface area (Å²) in [5.41, 5.74) is 6.50. The lowest BCUT2D eigenvalue weighted by Gasteiger charge is -2.16. The third-order valence-electron chi connectivity index (χ3n) is 3.61. The van der Waals surface area contributed by atoms with E-state index in [1.54, 1.807) is 12.3 Å². The fourth-order valence-corrected chi connectivity index (χ4v) is 2.63. The van der Waals surface area contributed by atoms with Gasteiger partial charge in [0.25, 0.3) is 5.91 Å². The molecular weight excluding hydrogens is 250 g/mol. The van der Waals surface area contributed by atoms with Gasteiger partial charge in [0.15, 0.2) is 0 Å². The Morgan fingerprint density at radius 1 is 1.60 bits per heavy atom. The molecule has 1 fully saturated rings. The Morgan fingerprint density at radius 2 is 2.45 bits per heavy atom. The Morgan fingerprint density at radius 3 is 3.20 bits per heavy atom. The van der Waals surface area contributed by atoms with Gasteiger partial charge in [-0.15, -0.1) is 0 Å². The van der Waals surface area contributed by atoms with Crippen LogP contribution < -0.4 is 5.73 Å². The molecule has 0 spiro atoms. The van der Waals surface area contributed by atoms with Crippen LogP contribution in [0.5, 0.6) is 0 Å². The number of rotatable bonds is 3. The van der Waals surface area contributed by atoms with Gasteiger partial charge < -0.3 is 10.6 Å². The van der Waals surface area contributed by atoms with Crippen LogP contribution in [-0.2, 0) is 0 Å². The van der Waals surface area contributed by atoms with Crippen LogP contribution in [0, 0.1) is 17.8 Å². The summed E-state index contributed by atoms with van der Waals surface area (Å²) in [6.07, 6.45) is 5.09. The number of hydrogen-bond donors (Lipinski definition) is 1. The van der Waals surface area contributed by atoms with Crippen molar-refractivity contribution in [3.63, 3.8) is 0 Å². The molecule has 20 heavy (non-hydrogen) atoms. The first-order chi connectivity index (χ1) is 9.76. The number of nitrogens with two attached hydrogens (primary N) is 1. The third-order valence-corrected chi connectivity index (χ3v) is 3.61. The highest BCUT2D eigenvalue weighted by Gasteiger charge is 2.27. The van der Waals surface area contributed by atoms with Crippen molar-refractivity contribution in [3.05, 3.63) is 29.6 Å². The van der Waals surface area contributed by atoms with E-state index in [-0.39, 0.29) is 12.5 Å². The molecule has 1 aromatic rings. The molecule has 106 valence electrons. The van der Waals surface area contributed by atoms with Gasteiger partial charge >= 0.3 is 0 Å². The molecule has 4 heteroatoms. The largest absolute Gasteiger partial charge is 0.337 e. The van der Waals surface area contributed by atoms with Crippen LogP contribution in [0.2, 0.25) is 0 Å². The van der Waals surface area contributed by atoms with Crippen molar-refractivity contribution in [2.45, 2.75) is 26.2 Å². The van der Waals surface area contributed by atoms with Gasteiger partial charge in [-0.3, -0.25) is 4.79 Å². The van der Waals surface area contributed by atoms with Crippen molar-refractivity contribution in [1.29, 1.82) is 0 Å². The zero-order valence-electron chi connectivity index (χ0n) is 11.9. The summed E-state index contributed by atoms with van der Waals surface area (Å²) in [6, 6.07) is 3.61. The van der Waals surface area contributed by atoms with E-state index in [0.29, 0.717) is 17.2 Å². The second-order valence-electron chi connectivity index (χ2n) is 5.10. The average Bonchev–Trinajstić information content (AvgIpc) is 2.94. The van der Waals surface area contributed by atoms with E-state index in [1.807, 2.05) is 11.0 Å². The SMILES string of the molecule is CCCC1CCN(C(=O)c2ncccc2C#CCN)C1. The van der Waals surface area contributed by atoms with Crippen molar-refractivity contribution in [2.24, 2.45) is 11.7 Å². The van der Waals surface area contributed by atoms with Gasteiger partial charge in [-0.25, -0.2) is 4.98 Å². The minimum atomic E-state index is -0.00877. The maximum absolute atomic E-state index is 12.5. The van der Waals surface area contributed by atoms with Crippen LogP contribution >= 0.6 is 0 Å². The molecule has 2 N–H and O–H groups in total. The summed E-state index contributed by atoms with van der Waals surface area (Å²) in [7, 11) is 0. The van der Waals surface area contributed by atoms with Crippen LogP contribution in [0.1, 0.15) is 42.2 Å². The van der Waals surface area contributed by atoms with Crippen molar-refractivity contribution in [3.8, 4) is 11.8 Å². The molecule has 1 amide bonds. The fourth-order valence-electron chi connectivity index (χ4n) is 2.63. The lowest BCUT2D eigenvalue weighted by atomic mass is 10.0. The van der Waals surface area contributed by atoms with E-state index in [2.05, 4.69) is 23.7 Å². The molecular formula is C16H21N3O. The molecule has 0 saturated carbocycles. The Hall–Kier alpha value is -1.86. The van der Waals surface area contributed by atoms with Gasteiger partial charge in [0, 0.05) is 19.3 Å². The minimum absolute atomic E-state index is 0.00877. The van der Waals surface area contributed by atoms with Gasteiger partial charge in [0.1, 0.15) is 5.69 Å². The molecule has 1 saturated heterocycles. The summed E-state index contributed by atoms with van der Waals surface area (Å²) < 4.78 is 0. The Labute approximate surface area is 120 Å². The number of carbonyl (C=O) groups is 1. The zero-order chi connectivity index (χ0) is 14.4. The zero-order valence-corrected chi connectivity index (χ0v) is 11.9. The molecule has 0 radical (unpaired) electrons. The monoisotopic (exact) mass is 271 g/mol. The van der Waals surface area contributed by atoms with Gasteiger partial charge in [0.05, 0.1) is 12.1 Å². The van der Waals surface area contributed by atoms with Gasteiger partial charge in [-0.05, 0) is 30.9 Å². The lowest BCUT2D eigenvalue weighted by Crippen LogP contribution is -2.30. The van der Waals surface area contributed by atoms with Crippen LogP contribution in [0.3, 0.4) is 0 Å². The molecule has 1 unspecified atom stereocenters. The summed E-state index contributed by atoms with van der Waals surface area (Å²) in [5.74, 6) is 6.34. The number of pyridine rings is 1. The first-order valence-electron chi connectivity index (χ1n) is 7.19. The molecule has 0 aromatic carbocycles. The fraction of sp³-hybridized carbons (Fsp3) is 0.500. The smallest absolute Gasteiger partial charge is 0.273 e. The van der Waals surface area contributed by atoms with Crippen molar-refractivity contribution >= 4 is 5.91 Å². The summed E-state index contributed by atoms with van der Waals surface area (Å²) in [5, 5.41) is 0. The summed E-state index contributed by atoms with van der Waals surface area (Å²) in [4.78, 5) is 18.7. The van der Waals surface area contributed by atoms with Crippen LogP contribution in [0.15, 0.2) is 18.3 Å². The standard InChI is InChI=1S/C16H21N3O/c1-2-5-13-8-11-19(12-13)16(20)15-14(6-3-9-17)7-4-10-18-15/h4,7,10,13H,2,5,8-9,11-12,17H2,1H3. The molecule has 1 aromatic heterocycles. The number of hydrogen-bond acceptors (Lipinski definition) is 3. The second kappa shape index (κ2) is 7.06. The van der Waals surface area contributed by atoms with E-state index in [9.17, 15) is 4.79 Å². The number of likely N-dealkylation sites (tertiary alicyclic amines) is 1. The summed E-state index contributed by atoms with van der Waals surface area (Å²) in [6.45, 7) is 4.13. The van der Waals surface area contributed by atoms with E-state index < -0.39 is 0 Å². The Kier molecular flexibility index (Phi) is 5.14. The highest BCUT2D eigenvalue weighted by molar-refractivity contribution is 5.94. The van der Waals surface area contributed by atoms with Crippen molar-refractivity contribution in [2.75, 3.05) is 19.6 Å². The maximum atomic E-state index is 12.5. The Balaban J connectivity index is 2.14. The van der Waals surface area contributed by atoms with Gasteiger partial charge in [0.2, 0.25) is 0 Å². The second-order valence-corrected chi connectivity index (χ2v) is 5.10. The van der Waals surface area contributed by atoms with E-state index in [0.717, 1.165) is 19.5 Å². The summed E-state index contributed by atoms with van der Waals surface area (Å²) >= 11 is 0. The number of nitrogens with zero attached hydrogens (tertiary/aromatic N) is 2. The normalized spacial score (nSPS) is 17.7. The molecule has 2 rings (SSSR count). The first-order valence-corrected chi connectivity index (χ1v) is 7.19. The molecule has 1 atom stereocenters. The molecule has 1 aliphatic heterocycles. The minimum Gasteiger partial charge on any atom is -0.337 e. The van der Waals surface area contributed by atoms with E-state index in [4.69, 9.17) is 5.73 Å². The van der Waals surface area contributed by atoms with Crippen molar-refractivity contribution < 1.29 is 4.79 Å². The maximum Gasteiger partial charge on any atom is 0.273 e. The highest BCUT2D eigenvalue weighted by Crippen LogP contribution is 2.22. The van der Waals surface area contributed by atoms with Crippen molar-refractivity contribution in [1.82, 2.24) is 9.88 Å². The van der Waals surface area contributed by atoms with Crippen LogP contribution in [0.25, 0.3) is 0 Å².